The first-order valence-electron chi connectivity index (χ1n) is 8.25. The standard InChI is InChI=1S/C17H25N3O2/c1-22-10-8-16-13-19(12-15-7-9-18-20(15)16)17(21)11-14-5-3-2-4-6-14/h5,7,9,16H,2-4,6,8,10-13H2,1H3/t16-/m1/s1. The van der Waals surface area contributed by atoms with Crippen LogP contribution in [0.15, 0.2) is 23.9 Å². The Bertz CT molecular complexity index is 550. The second kappa shape index (κ2) is 7.09. The number of ether oxygens (including phenoxy) is 1. The van der Waals surface area contributed by atoms with E-state index in [1.807, 2.05) is 17.2 Å². The molecule has 0 fully saturated rings. The van der Waals surface area contributed by atoms with E-state index in [0.717, 1.165) is 31.5 Å². The number of fused-ring (bicyclic) bond motifs is 1. The van der Waals surface area contributed by atoms with E-state index in [2.05, 4.69) is 15.9 Å². The first kappa shape index (κ1) is 15.3. The highest BCUT2D eigenvalue weighted by Crippen LogP contribution is 2.26. The monoisotopic (exact) mass is 303 g/mol. The summed E-state index contributed by atoms with van der Waals surface area (Å²) in [7, 11) is 1.71. The van der Waals surface area contributed by atoms with Crippen molar-refractivity contribution in [2.75, 3.05) is 20.3 Å². The lowest BCUT2D eigenvalue weighted by atomic mass is 9.96. The van der Waals surface area contributed by atoms with Crippen LogP contribution in [0.5, 0.6) is 0 Å². The minimum Gasteiger partial charge on any atom is -0.385 e. The van der Waals surface area contributed by atoms with Gasteiger partial charge in [0.05, 0.1) is 18.3 Å². The molecule has 3 rings (SSSR count). The molecule has 1 atom stereocenters. The van der Waals surface area contributed by atoms with Crippen LogP contribution in [0.1, 0.15) is 50.3 Å². The van der Waals surface area contributed by atoms with Gasteiger partial charge in [-0.05, 0) is 38.2 Å². The zero-order valence-electron chi connectivity index (χ0n) is 13.3. The average Bonchev–Trinajstić information content (AvgIpc) is 3.02. The van der Waals surface area contributed by atoms with Crippen LogP contribution in [0.4, 0.5) is 0 Å². The topological polar surface area (TPSA) is 47.4 Å². The van der Waals surface area contributed by atoms with E-state index >= 15 is 0 Å². The van der Waals surface area contributed by atoms with E-state index in [4.69, 9.17) is 4.74 Å². The van der Waals surface area contributed by atoms with Gasteiger partial charge in [0.15, 0.2) is 0 Å². The lowest BCUT2D eigenvalue weighted by Crippen LogP contribution is -2.41. The Balaban J connectivity index is 1.67. The second-order valence-electron chi connectivity index (χ2n) is 6.26. The maximum Gasteiger partial charge on any atom is 0.227 e. The predicted octanol–water partition coefficient (Wildman–Crippen LogP) is 2.69. The molecule has 0 bridgehead atoms. The third-order valence-electron chi connectivity index (χ3n) is 4.65. The highest BCUT2D eigenvalue weighted by molar-refractivity contribution is 5.78. The van der Waals surface area contributed by atoms with Crippen LogP contribution in [0.25, 0.3) is 0 Å². The van der Waals surface area contributed by atoms with Crippen LogP contribution in [0, 0.1) is 0 Å². The van der Waals surface area contributed by atoms with E-state index < -0.39 is 0 Å². The Morgan fingerprint density at radius 1 is 1.45 bits per heavy atom. The summed E-state index contributed by atoms with van der Waals surface area (Å²) >= 11 is 0. The van der Waals surface area contributed by atoms with E-state index in [9.17, 15) is 4.79 Å². The van der Waals surface area contributed by atoms with E-state index in [-0.39, 0.29) is 11.9 Å². The van der Waals surface area contributed by atoms with Crippen molar-refractivity contribution in [3.63, 3.8) is 0 Å². The van der Waals surface area contributed by atoms with Gasteiger partial charge in [-0.1, -0.05) is 11.6 Å². The number of methoxy groups -OCH3 is 1. The zero-order valence-corrected chi connectivity index (χ0v) is 13.3. The van der Waals surface area contributed by atoms with Gasteiger partial charge in [0.1, 0.15) is 0 Å². The van der Waals surface area contributed by atoms with Gasteiger partial charge >= 0.3 is 0 Å². The summed E-state index contributed by atoms with van der Waals surface area (Å²) in [6.07, 6.45) is 10.3. The van der Waals surface area contributed by atoms with Crippen LogP contribution in [0.2, 0.25) is 0 Å². The van der Waals surface area contributed by atoms with Crippen molar-refractivity contribution in [1.29, 1.82) is 0 Å². The van der Waals surface area contributed by atoms with Gasteiger partial charge in [0.2, 0.25) is 5.91 Å². The fourth-order valence-electron chi connectivity index (χ4n) is 3.42. The van der Waals surface area contributed by atoms with Gasteiger partial charge < -0.3 is 9.64 Å². The number of aromatic nitrogens is 2. The Labute approximate surface area is 131 Å². The molecule has 1 aliphatic heterocycles. The van der Waals surface area contributed by atoms with Gasteiger partial charge in [-0.3, -0.25) is 9.48 Å². The molecule has 2 aliphatic rings. The van der Waals surface area contributed by atoms with Crippen LogP contribution in [0.3, 0.4) is 0 Å². The minimum atomic E-state index is 0.225. The second-order valence-corrected chi connectivity index (χ2v) is 6.26. The number of amides is 1. The average molecular weight is 303 g/mol. The molecule has 0 N–H and O–H groups in total. The molecule has 0 unspecified atom stereocenters. The highest BCUT2D eigenvalue weighted by atomic mass is 16.5. The van der Waals surface area contributed by atoms with Gasteiger partial charge in [-0.15, -0.1) is 0 Å². The maximum absolute atomic E-state index is 12.6. The van der Waals surface area contributed by atoms with Crippen molar-refractivity contribution in [3.05, 3.63) is 29.6 Å². The lowest BCUT2D eigenvalue weighted by Gasteiger charge is -2.34. The largest absolute Gasteiger partial charge is 0.385 e. The van der Waals surface area contributed by atoms with Crippen LogP contribution in [-0.4, -0.2) is 40.8 Å². The fraction of sp³-hybridized carbons (Fsp3) is 0.647. The number of allylic oxidation sites excluding steroid dienone is 1. The summed E-state index contributed by atoms with van der Waals surface area (Å²) in [5.41, 5.74) is 2.45. The number of hydrogen-bond donors (Lipinski definition) is 0. The van der Waals surface area contributed by atoms with Gasteiger partial charge in [-0.25, -0.2) is 0 Å². The summed E-state index contributed by atoms with van der Waals surface area (Å²) in [5.74, 6) is 0.253. The number of hydrogen-bond acceptors (Lipinski definition) is 3. The molecule has 0 saturated carbocycles. The number of nitrogens with zero attached hydrogens (tertiary/aromatic N) is 3. The predicted molar refractivity (Wildman–Crippen MR) is 84.3 cm³/mol. The Kier molecular flexibility index (Phi) is 4.93. The summed E-state index contributed by atoms with van der Waals surface area (Å²) in [4.78, 5) is 14.6. The van der Waals surface area contributed by atoms with Gasteiger partial charge in [-0.2, -0.15) is 5.10 Å². The summed E-state index contributed by atoms with van der Waals surface area (Å²) < 4.78 is 7.26. The Morgan fingerprint density at radius 2 is 2.36 bits per heavy atom. The third-order valence-corrected chi connectivity index (χ3v) is 4.65. The third kappa shape index (κ3) is 3.40. The van der Waals surface area contributed by atoms with Crippen molar-refractivity contribution < 1.29 is 9.53 Å². The zero-order chi connectivity index (χ0) is 15.4. The number of carbonyl (C=O) groups is 1. The molecular formula is C17H25N3O2. The van der Waals surface area contributed by atoms with Crippen molar-refractivity contribution in [3.8, 4) is 0 Å². The van der Waals surface area contributed by atoms with E-state index in [1.54, 1.807) is 7.11 Å². The molecule has 1 aromatic heterocycles. The Hall–Kier alpha value is -1.62. The molecule has 0 radical (unpaired) electrons. The minimum absolute atomic E-state index is 0.225. The SMILES string of the molecule is COCC[C@@H]1CN(C(=O)CC2=CCCCC2)Cc2ccnn21. The van der Waals surface area contributed by atoms with Crippen molar-refractivity contribution >= 4 is 5.91 Å². The smallest absolute Gasteiger partial charge is 0.227 e. The quantitative estimate of drug-likeness (QED) is 0.786. The molecule has 0 spiro atoms. The molecule has 2 heterocycles. The summed E-state index contributed by atoms with van der Waals surface area (Å²) in [6, 6.07) is 2.24. The normalized spacial score (nSPS) is 21.4. The first-order valence-corrected chi connectivity index (χ1v) is 8.25. The molecule has 0 saturated heterocycles. The highest BCUT2D eigenvalue weighted by Gasteiger charge is 2.28. The molecule has 5 heteroatoms. The molecule has 5 nitrogen and oxygen atoms in total. The molecular weight excluding hydrogens is 278 g/mol. The molecule has 1 amide bonds. The van der Waals surface area contributed by atoms with E-state index in [0.29, 0.717) is 19.6 Å². The van der Waals surface area contributed by atoms with Crippen LogP contribution in [-0.2, 0) is 16.1 Å². The summed E-state index contributed by atoms with van der Waals surface area (Å²) in [5, 5.41) is 4.41. The van der Waals surface area contributed by atoms with Gasteiger partial charge in [0.25, 0.3) is 0 Å². The molecule has 22 heavy (non-hydrogen) atoms. The molecule has 0 aromatic carbocycles. The fourth-order valence-corrected chi connectivity index (χ4v) is 3.42. The van der Waals surface area contributed by atoms with Crippen LogP contribution >= 0.6 is 0 Å². The lowest BCUT2D eigenvalue weighted by molar-refractivity contribution is -0.132. The first-order chi connectivity index (χ1) is 10.8. The van der Waals surface area contributed by atoms with Crippen molar-refractivity contribution in [2.45, 2.75) is 51.1 Å². The molecule has 120 valence electrons. The number of rotatable bonds is 5. The number of carbonyl (C=O) groups excluding carboxylic acids is 1. The summed E-state index contributed by atoms with van der Waals surface area (Å²) in [6.45, 7) is 2.11. The molecule has 1 aromatic rings. The van der Waals surface area contributed by atoms with Gasteiger partial charge in [0, 0.05) is 32.9 Å². The maximum atomic E-state index is 12.6. The Morgan fingerprint density at radius 3 is 3.14 bits per heavy atom. The van der Waals surface area contributed by atoms with Crippen molar-refractivity contribution in [1.82, 2.24) is 14.7 Å². The van der Waals surface area contributed by atoms with Crippen molar-refractivity contribution in [2.24, 2.45) is 0 Å². The van der Waals surface area contributed by atoms with E-state index in [1.165, 1.54) is 18.4 Å². The van der Waals surface area contributed by atoms with Crippen LogP contribution < -0.4 is 0 Å². The molecule has 1 aliphatic carbocycles.